The van der Waals surface area contributed by atoms with Gasteiger partial charge in [0.15, 0.2) is 0 Å². The molecule has 0 aliphatic carbocycles. The summed E-state index contributed by atoms with van der Waals surface area (Å²) in [6.07, 6.45) is 0. The van der Waals surface area contributed by atoms with Crippen molar-refractivity contribution in [2.45, 2.75) is 20.0 Å². The third kappa shape index (κ3) is 2.80. The lowest BCUT2D eigenvalue weighted by Crippen LogP contribution is -2.16. The third-order valence-electron chi connectivity index (χ3n) is 2.11. The molecule has 2 rings (SSSR count). The molecule has 2 aromatic heterocycles. The molecule has 2 N–H and O–H groups in total. The van der Waals surface area contributed by atoms with Gasteiger partial charge in [0.2, 0.25) is 5.13 Å². The molecule has 0 radical (unpaired) electrons. The molecule has 0 saturated heterocycles. The Morgan fingerprint density at radius 3 is 2.75 bits per heavy atom. The molecule has 0 aliphatic heterocycles. The molecule has 0 aromatic carbocycles. The zero-order valence-electron chi connectivity index (χ0n) is 9.30. The molecule has 2 aromatic rings. The van der Waals surface area contributed by atoms with Crippen molar-refractivity contribution in [1.82, 2.24) is 15.1 Å². The number of furan rings is 1. The number of nitrogen functional groups attached to an aromatic ring is 1. The maximum atomic E-state index is 5.52. The van der Waals surface area contributed by atoms with Crippen LogP contribution in [0.25, 0.3) is 0 Å². The van der Waals surface area contributed by atoms with Gasteiger partial charge >= 0.3 is 0 Å². The summed E-state index contributed by atoms with van der Waals surface area (Å²) in [6, 6.07) is 3.95. The lowest BCUT2D eigenvalue weighted by atomic mass is 10.4. The fourth-order valence-corrected chi connectivity index (χ4v) is 2.14. The van der Waals surface area contributed by atoms with Crippen molar-refractivity contribution in [2.75, 3.05) is 12.8 Å². The molecule has 16 heavy (non-hydrogen) atoms. The zero-order chi connectivity index (χ0) is 11.5. The van der Waals surface area contributed by atoms with E-state index < -0.39 is 0 Å². The number of rotatable bonds is 4. The van der Waals surface area contributed by atoms with Crippen molar-refractivity contribution in [3.05, 3.63) is 28.7 Å². The van der Waals surface area contributed by atoms with Gasteiger partial charge in [-0.15, -0.1) is 10.2 Å². The van der Waals surface area contributed by atoms with Crippen molar-refractivity contribution < 1.29 is 4.42 Å². The van der Waals surface area contributed by atoms with Crippen LogP contribution in [0.3, 0.4) is 0 Å². The van der Waals surface area contributed by atoms with Crippen LogP contribution in [0.4, 0.5) is 5.13 Å². The minimum atomic E-state index is 0.511. The molecule has 0 bridgehead atoms. The van der Waals surface area contributed by atoms with Crippen LogP contribution in [0.1, 0.15) is 16.5 Å². The molecule has 0 atom stereocenters. The summed E-state index contributed by atoms with van der Waals surface area (Å²) in [5.41, 5.74) is 5.52. The second-order valence-corrected chi connectivity index (χ2v) is 4.81. The highest BCUT2D eigenvalue weighted by atomic mass is 32.1. The van der Waals surface area contributed by atoms with Gasteiger partial charge in [0.05, 0.1) is 13.1 Å². The smallest absolute Gasteiger partial charge is 0.203 e. The summed E-state index contributed by atoms with van der Waals surface area (Å²) >= 11 is 1.42. The van der Waals surface area contributed by atoms with Gasteiger partial charge in [-0.3, -0.25) is 4.90 Å². The van der Waals surface area contributed by atoms with Gasteiger partial charge < -0.3 is 10.2 Å². The van der Waals surface area contributed by atoms with E-state index in [1.807, 2.05) is 26.1 Å². The summed E-state index contributed by atoms with van der Waals surface area (Å²) in [4.78, 5) is 2.11. The lowest BCUT2D eigenvalue weighted by molar-refractivity contribution is 0.284. The molecule has 0 fully saturated rings. The van der Waals surface area contributed by atoms with E-state index in [1.165, 1.54) is 11.3 Å². The van der Waals surface area contributed by atoms with Crippen molar-refractivity contribution in [3.63, 3.8) is 0 Å². The zero-order valence-corrected chi connectivity index (χ0v) is 10.1. The van der Waals surface area contributed by atoms with Crippen LogP contribution in [0, 0.1) is 6.92 Å². The average Bonchev–Trinajstić information content (AvgIpc) is 2.76. The normalized spacial score (nSPS) is 11.2. The van der Waals surface area contributed by atoms with Gasteiger partial charge in [0.1, 0.15) is 16.5 Å². The minimum absolute atomic E-state index is 0.511. The van der Waals surface area contributed by atoms with Gasteiger partial charge in [-0.1, -0.05) is 11.3 Å². The molecule has 2 heterocycles. The van der Waals surface area contributed by atoms with E-state index in [9.17, 15) is 0 Å². The number of nitrogens with two attached hydrogens (primary N) is 1. The molecule has 6 heteroatoms. The van der Waals surface area contributed by atoms with Crippen molar-refractivity contribution in [2.24, 2.45) is 0 Å². The largest absolute Gasteiger partial charge is 0.465 e. The summed E-state index contributed by atoms with van der Waals surface area (Å²) in [5.74, 6) is 1.89. The summed E-state index contributed by atoms with van der Waals surface area (Å²) in [7, 11) is 2.01. The summed E-state index contributed by atoms with van der Waals surface area (Å²) in [6.45, 7) is 3.43. The van der Waals surface area contributed by atoms with Crippen molar-refractivity contribution in [3.8, 4) is 0 Å². The Bertz CT molecular complexity index is 423. The van der Waals surface area contributed by atoms with Crippen molar-refractivity contribution >= 4 is 16.5 Å². The standard InChI is InChI=1S/C10H14N4OS/c1-7-3-4-8(15-7)5-14(2)6-9-12-13-10(11)16-9/h3-4H,5-6H2,1-2H3,(H2,11,13). The fourth-order valence-electron chi connectivity index (χ4n) is 1.45. The number of nitrogens with zero attached hydrogens (tertiary/aromatic N) is 3. The monoisotopic (exact) mass is 238 g/mol. The number of anilines is 1. The maximum Gasteiger partial charge on any atom is 0.203 e. The first kappa shape index (κ1) is 11.1. The Morgan fingerprint density at radius 2 is 2.19 bits per heavy atom. The van der Waals surface area contributed by atoms with E-state index in [1.54, 1.807) is 0 Å². The van der Waals surface area contributed by atoms with Gasteiger partial charge in [-0.25, -0.2) is 0 Å². The average molecular weight is 238 g/mol. The van der Waals surface area contributed by atoms with E-state index in [4.69, 9.17) is 10.2 Å². The van der Waals surface area contributed by atoms with E-state index in [0.717, 1.165) is 29.6 Å². The highest BCUT2D eigenvalue weighted by molar-refractivity contribution is 7.15. The fraction of sp³-hybridized carbons (Fsp3) is 0.400. The number of aryl methyl sites for hydroxylation is 1. The molecule has 0 spiro atoms. The molecule has 86 valence electrons. The first-order valence-electron chi connectivity index (χ1n) is 4.95. The van der Waals surface area contributed by atoms with Crippen LogP contribution < -0.4 is 5.73 Å². The highest BCUT2D eigenvalue weighted by Gasteiger charge is 2.07. The Hall–Kier alpha value is -1.40. The second kappa shape index (κ2) is 4.63. The van der Waals surface area contributed by atoms with Gasteiger partial charge in [0.25, 0.3) is 0 Å². The number of hydrogen-bond acceptors (Lipinski definition) is 6. The predicted molar refractivity (Wildman–Crippen MR) is 62.9 cm³/mol. The van der Waals surface area contributed by atoms with E-state index in [0.29, 0.717) is 5.13 Å². The first-order valence-corrected chi connectivity index (χ1v) is 5.77. The Kier molecular flexibility index (Phi) is 3.21. The molecule has 0 unspecified atom stereocenters. The lowest BCUT2D eigenvalue weighted by Gasteiger charge is -2.12. The molecule has 5 nitrogen and oxygen atoms in total. The van der Waals surface area contributed by atoms with Crippen LogP contribution >= 0.6 is 11.3 Å². The second-order valence-electron chi connectivity index (χ2n) is 3.72. The maximum absolute atomic E-state index is 5.52. The highest BCUT2D eigenvalue weighted by Crippen LogP contribution is 2.15. The molecule has 0 aliphatic rings. The van der Waals surface area contributed by atoms with E-state index in [2.05, 4.69) is 15.1 Å². The van der Waals surface area contributed by atoms with Gasteiger partial charge in [-0.2, -0.15) is 0 Å². The predicted octanol–water partition coefficient (Wildman–Crippen LogP) is 1.65. The molecule has 0 amide bonds. The van der Waals surface area contributed by atoms with Crippen LogP contribution in [-0.4, -0.2) is 22.1 Å². The molecule has 0 saturated carbocycles. The molecular formula is C10H14N4OS. The Balaban J connectivity index is 1.91. The molecular weight excluding hydrogens is 224 g/mol. The summed E-state index contributed by atoms with van der Waals surface area (Å²) < 4.78 is 5.50. The Labute approximate surface area is 97.9 Å². The first-order chi connectivity index (χ1) is 7.63. The van der Waals surface area contributed by atoms with Gasteiger partial charge in [-0.05, 0) is 26.1 Å². The van der Waals surface area contributed by atoms with Crippen LogP contribution in [0.15, 0.2) is 16.5 Å². The van der Waals surface area contributed by atoms with Crippen LogP contribution in [-0.2, 0) is 13.1 Å². The SMILES string of the molecule is Cc1ccc(CN(C)Cc2nnc(N)s2)o1. The van der Waals surface area contributed by atoms with Crippen LogP contribution in [0.2, 0.25) is 0 Å². The van der Waals surface area contributed by atoms with E-state index in [-0.39, 0.29) is 0 Å². The Morgan fingerprint density at radius 1 is 1.38 bits per heavy atom. The third-order valence-corrected chi connectivity index (χ3v) is 2.85. The van der Waals surface area contributed by atoms with Gasteiger partial charge in [0, 0.05) is 0 Å². The topological polar surface area (TPSA) is 68.2 Å². The van der Waals surface area contributed by atoms with Crippen LogP contribution in [0.5, 0.6) is 0 Å². The minimum Gasteiger partial charge on any atom is -0.465 e. The quantitative estimate of drug-likeness (QED) is 0.877. The number of hydrogen-bond donors (Lipinski definition) is 1. The van der Waals surface area contributed by atoms with E-state index >= 15 is 0 Å². The van der Waals surface area contributed by atoms with Crippen molar-refractivity contribution in [1.29, 1.82) is 0 Å². The summed E-state index contributed by atoms with van der Waals surface area (Å²) in [5, 5.41) is 9.18. The number of aromatic nitrogens is 2.